The normalized spacial score (nSPS) is 11.6. The van der Waals surface area contributed by atoms with E-state index in [0.29, 0.717) is 18.0 Å². The van der Waals surface area contributed by atoms with E-state index in [-0.39, 0.29) is 17.3 Å². The summed E-state index contributed by atoms with van der Waals surface area (Å²) in [5, 5.41) is 4.71. The van der Waals surface area contributed by atoms with E-state index < -0.39 is 10.0 Å². The molecule has 2 rings (SSSR count). The van der Waals surface area contributed by atoms with E-state index in [1.54, 1.807) is 12.1 Å². The third-order valence-corrected chi connectivity index (χ3v) is 5.71. The molecule has 7 heteroatoms. The molecule has 0 unspecified atom stereocenters. The van der Waals surface area contributed by atoms with Gasteiger partial charge in [-0.1, -0.05) is 26.0 Å². The molecule has 130 valence electrons. The van der Waals surface area contributed by atoms with Crippen LogP contribution >= 0.6 is 11.3 Å². The van der Waals surface area contributed by atoms with E-state index in [4.69, 9.17) is 0 Å². The molecular weight excluding hydrogens is 344 g/mol. The van der Waals surface area contributed by atoms with Gasteiger partial charge in [-0.15, -0.1) is 11.3 Å². The van der Waals surface area contributed by atoms with Crippen molar-refractivity contribution < 1.29 is 13.2 Å². The first-order valence-corrected chi connectivity index (χ1v) is 10.1. The third-order valence-electron chi connectivity index (χ3n) is 3.43. The molecule has 24 heavy (non-hydrogen) atoms. The Balaban J connectivity index is 2.04. The first-order valence-electron chi connectivity index (χ1n) is 7.79. The number of rotatable bonds is 8. The summed E-state index contributed by atoms with van der Waals surface area (Å²) in [5.74, 6) is 0.240. The van der Waals surface area contributed by atoms with Gasteiger partial charge in [-0.05, 0) is 42.0 Å². The van der Waals surface area contributed by atoms with Gasteiger partial charge in [-0.3, -0.25) is 4.79 Å². The molecule has 1 aromatic carbocycles. The van der Waals surface area contributed by atoms with E-state index in [1.165, 1.54) is 23.5 Å². The SMILES string of the molecule is CC(C)CCNC(=O)c1cccc(S(=O)(=O)NCc2cccs2)c1. The van der Waals surface area contributed by atoms with Crippen molar-refractivity contribution in [3.63, 3.8) is 0 Å². The van der Waals surface area contributed by atoms with Gasteiger partial charge >= 0.3 is 0 Å². The molecule has 0 aliphatic rings. The number of carbonyl (C=O) groups excluding carboxylic acids is 1. The molecule has 1 amide bonds. The maximum atomic E-state index is 12.4. The van der Waals surface area contributed by atoms with Crippen LogP contribution in [0.1, 0.15) is 35.5 Å². The number of thiophene rings is 1. The molecular formula is C17H22N2O3S2. The average molecular weight is 367 g/mol. The van der Waals surface area contributed by atoms with E-state index in [2.05, 4.69) is 23.9 Å². The van der Waals surface area contributed by atoms with Gasteiger partial charge in [0.25, 0.3) is 5.91 Å². The minimum Gasteiger partial charge on any atom is -0.352 e. The average Bonchev–Trinajstić information content (AvgIpc) is 3.06. The second-order valence-corrected chi connectivity index (χ2v) is 8.67. The van der Waals surface area contributed by atoms with Gasteiger partial charge in [0.1, 0.15) is 0 Å². The molecule has 0 spiro atoms. The molecule has 2 N–H and O–H groups in total. The molecule has 0 saturated carbocycles. The highest BCUT2D eigenvalue weighted by atomic mass is 32.2. The number of benzene rings is 1. The summed E-state index contributed by atoms with van der Waals surface area (Å²) in [4.78, 5) is 13.2. The van der Waals surface area contributed by atoms with Crippen LogP contribution in [0.25, 0.3) is 0 Å². The van der Waals surface area contributed by atoms with Gasteiger partial charge in [0.05, 0.1) is 4.90 Å². The largest absolute Gasteiger partial charge is 0.352 e. The fraction of sp³-hybridized carbons (Fsp3) is 0.353. The van der Waals surface area contributed by atoms with Crippen LogP contribution in [0, 0.1) is 5.92 Å². The number of sulfonamides is 1. The minimum atomic E-state index is -3.65. The quantitative estimate of drug-likeness (QED) is 0.754. The molecule has 1 aromatic heterocycles. The molecule has 0 aliphatic heterocycles. The van der Waals surface area contributed by atoms with Crippen LogP contribution in [0.2, 0.25) is 0 Å². The van der Waals surface area contributed by atoms with Crippen LogP contribution in [-0.2, 0) is 16.6 Å². The summed E-state index contributed by atoms with van der Waals surface area (Å²) in [5.41, 5.74) is 0.345. The standard InChI is InChI=1S/C17H22N2O3S2/c1-13(2)8-9-18-17(20)14-5-3-7-16(11-14)24(21,22)19-12-15-6-4-10-23-15/h3-7,10-11,13,19H,8-9,12H2,1-2H3,(H,18,20). The van der Waals surface area contributed by atoms with Crippen molar-refractivity contribution in [2.75, 3.05) is 6.54 Å². The van der Waals surface area contributed by atoms with Crippen LogP contribution in [-0.4, -0.2) is 20.9 Å². The molecule has 0 bridgehead atoms. The molecule has 1 heterocycles. The first kappa shape index (κ1) is 18.6. The van der Waals surface area contributed by atoms with Crippen molar-refractivity contribution >= 4 is 27.3 Å². The summed E-state index contributed by atoms with van der Waals surface area (Å²) in [7, 11) is -3.65. The highest BCUT2D eigenvalue weighted by molar-refractivity contribution is 7.89. The lowest BCUT2D eigenvalue weighted by Crippen LogP contribution is -2.26. The Kier molecular flexibility index (Phi) is 6.53. The molecule has 0 aliphatic carbocycles. The Hall–Kier alpha value is -1.70. The number of hydrogen-bond donors (Lipinski definition) is 2. The van der Waals surface area contributed by atoms with Gasteiger partial charge < -0.3 is 5.32 Å². The zero-order valence-electron chi connectivity index (χ0n) is 13.8. The van der Waals surface area contributed by atoms with Gasteiger partial charge in [-0.25, -0.2) is 13.1 Å². The zero-order chi connectivity index (χ0) is 17.6. The Bertz CT molecular complexity index is 769. The lowest BCUT2D eigenvalue weighted by Gasteiger charge is -2.09. The molecule has 5 nitrogen and oxygen atoms in total. The highest BCUT2D eigenvalue weighted by Gasteiger charge is 2.16. The second-order valence-electron chi connectivity index (χ2n) is 5.87. The van der Waals surface area contributed by atoms with Gasteiger partial charge in [0.2, 0.25) is 10.0 Å². The van der Waals surface area contributed by atoms with Crippen LogP contribution in [0.15, 0.2) is 46.7 Å². The van der Waals surface area contributed by atoms with Gasteiger partial charge in [0, 0.05) is 23.5 Å². The van der Waals surface area contributed by atoms with Gasteiger partial charge in [-0.2, -0.15) is 0 Å². The van der Waals surface area contributed by atoms with Crippen molar-refractivity contribution in [2.24, 2.45) is 5.92 Å². The summed E-state index contributed by atoms with van der Waals surface area (Å²) < 4.78 is 27.3. The van der Waals surface area contributed by atoms with Crippen molar-refractivity contribution in [3.8, 4) is 0 Å². The highest BCUT2D eigenvalue weighted by Crippen LogP contribution is 2.14. The van der Waals surface area contributed by atoms with Crippen molar-refractivity contribution in [3.05, 3.63) is 52.2 Å². The van der Waals surface area contributed by atoms with Crippen LogP contribution < -0.4 is 10.0 Å². The number of nitrogens with one attached hydrogen (secondary N) is 2. The monoisotopic (exact) mass is 366 g/mol. The predicted octanol–water partition coefficient (Wildman–Crippen LogP) is 3.00. The Morgan fingerprint density at radius 3 is 2.67 bits per heavy atom. The maximum absolute atomic E-state index is 12.4. The predicted molar refractivity (Wildman–Crippen MR) is 96.6 cm³/mol. The van der Waals surface area contributed by atoms with E-state index in [0.717, 1.165) is 11.3 Å². The summed E-state index contributed by atoms with van der Waals surface area (Å²) in [6, 6.07) is 9.82. The minimum absolute atomic E-state index is 0.0931. The zero-order valence-corrected chi connectivity index (χ0v) is 15.4. The smallest absolute Gasteiger partial charge is 0.251 e. The Morgan fingerprint density at radius 2 is 2.00 bits per heavy atom. The Labute approximate surface area is 147 Å². The molecule has 0 saturated heterocycles. The summed E-state index contributed by atoms with van der Waals surface area (Å²) in [6.45, 7) is 4.98. The first-order chi connectivity index (χ1) is 11.4. The van der Waals surface area contributed by atoms with Crippen molar-refractivity contribution in [2.45, 2.75) is 31.7 Å². The Morgan fingerprint density at radius 1 is 1.21 bits per heavy atom. The molecule has 0 radical (unpaired) electrons. The number of hydrogen-bond acceptors (Lipinski definition) is 4. The summed E-state index contributed by atoms with van der Waals surface area (Å²) >= 11 is 1.49. The molecule has 2 aromatic rings. The van der Waals surface area contributed by atoms with Gasteiger partial charge in [0.15, 0.2) is 0 Å². The topological polar surface area (TPSA) is 75.3 Å². The lowest BCUT2D eigenvalue weighted by molar-refractivity contribution is 0.0952. The van der Waals surface area contributed by atoms with Crippen LogP contribution in [0.5, 0.6) is 0 Å². The fourth-order valence-corrected chi connectivity index (χ4v) is 3.83. The van der Waals surface area contributed by atoms with Crippen LogP contribution in [0.3, 0.4) is 0 Å². The fourth-order valence-electron chi connectivity index (χ4n) is 2.04. The molecule has 0 atom stereocenters. The van der Waals surface area contributed by atoms with Crippen molar-refractivity contribution in [1.82, 2.24) is 10.0 Å². The maximum Gasteiger partial charge on any atom is 0.251 e. The van der Waals surface area contributed by atoms with E-state index in [9.17, 15) is 13.2 Å². The number of amides is 1. The van der Waals surface area contributed by atoms with E-state index in [1.807, 2.05) is 17.5 Å². The second kappa shape index (κ2) is 8.41. The lowest BCUT2D eigenvalue weighted by atomic mass is 10.1. The van der Waals surface area contributed by atoms with Crippen molar-refractivity contribution in [1.29, 1.82) is 0 Å². The number of carbonyl (C=O) groups is 1. The third kappa shape index (κ3) is 5.43. The molecule has 0 fully saturated rings. The van der Waals surface area contributed by atoms with Crippen LogP contribution in [0.4, 0.5) is 0 Å². The van der Waals surface area contributed by atoms with E-state index >= 15 is 0 Å². The summed E-state index contributed by atoms with van der Waals surface area (Å²) in [6.07, 6.45) is 0.881.